The molecule has 0 aliphatic rings. The van der Waals surface area contributed by atoms with Crippen molar-refractivity contribution >= 4 is 45.0 Å². The number of benzene rings is 1. The Kier molecular flexibility index (Phi) is 4.99. The third-order valence-electron chi connectivity index (χ3n) is 2.21. The van der Waals surface area contributed by atoms with Crippen LogP contribution in [0, 0.1) is 10.1 Å². The van der Waals surface area contributed by atoms with Crippen molar-refractivity contribution < 1.29 is 14.5 Å². The number of carbonyl (C=O) groups is 1. The standard InChI is InChI=1S/C12H14BrClN2O4/c1-12(2,3)20-11(17)15(4)10-8(14)5-7(13)6-9(10)16(18)19/h5-6H,1-4H3. The van der Waals surface area contributed by atoms with Crippen LogP contribution in [0.5, 0.6) is 0 Å². The lowest BCUT2D eigenvalue weighted by atomic mass is 10.2. The van der Waals surface area contributed by atoms with Crippen LogP contribution in [0.4, 0.5) is 16.2 Å². The predicted octanol–water partition coefficient (Wildman–Crippen LogP) is 4.38. The molecule has 0 aliphatic carbocycles. The van der Waals surface area contributed by atoms with Crippen LogP contribution in [0.25, 0.3) is 0 Å². The summed E-state index contributed by atoms with van der Waals surface area (Å²) in [5.41, 5.74) is -0.992. The molecule has 0 spiro atoms. The molecular formula is C12H14BrClN2O4. The number of nitro groups is 1. The second-order valence-corrected chi connectivity index (χ2v) is 6.37. The number of anilines is 1. The summed E-state index contributed by atoms with van der Waals surface area (Å²) in [5.74, 6) is 0. The second kappa shape index (κ2) is 5.97. The Morgan fingerprint density at radius 3 is 2.45 bits per heavy atom. The van der Waals surface area contributed by atoms with Crippen LogP contribution in [0.3, 0.4) is 0 Å². The molecule has 1 aromatic rings. The predicted molar refractivity (Wildman–Crippen MR) is 80.4 cm³/mol. The van der Waals surface area contributed by atoms with E-state index in [0.29, 0.717) is 4.47 Å². The molecule has 20 heavy (non-hydrogen) atoms. The van der Waals surface area contributed by atoms with Crippen molar-refractivity contribution in [2.45, 2.75) is 26.4 Å². The van der Waals surface area contributed by atoms with Crippen molar-refractivity contribution in [2.24, 2.45) is 0 Å². The Bertz CT molecular complexity index is 557. The number of ether oxygens (including phenoxy) is 1. The minimum Gasteiger partial charge on any atom is -0.443 e. The SMILES string of the molecule is CN(C(=O)OC(C)(C)C)c1c(Cl)cc(Br)cc1[N+](=O)[O-]. The summed E-state index contributed by atoms with van der Waals surface area (Å²) >= 11 is 9.13. The van der Waals surface area contributed by atoms with Crippen molar-refractivity contribution in [3.63, 3.8) is 0 Å². The molecule has 0 radical (unpaired) electrons. The first-order valence-corrected chi connectivity index (χ1v) is 6.80. The average molecular weight is 366 g/mol. The van der Waals surface area contributed by atoms with Crippen molar-refractivity contribution in [1.82, 2.24) is 0 Å². The lowest BCUT2D eigenvalue weighted by Gasteiger charge is -2.25. The van der Waals surface area contributed by atoms with Gasteiger partial charge in [0.1, 0.15) is 11.3 Å². The van der Waals surface area contributed by atoms with Crippen LogP contribution in [-0.4, -0.2) is 23.7 Å². The van der Waals surface area contributed by atoms with Crippen LogP contribution in [0.2, 0.25) is 5.02 Å². The van der Waals surface area contributed by atoms with Gasteiger partial charge in [-0.3, -0.25) is 15.0 Å². The van der Waals surface area contributed by atoms with E-state index in [1.807, 2.05) is 0 Å². The Morgan fingerprint density at radius 2 is 2.00 bits per heavy atom. The van der Waals surface area contributed by atoms with Gasteiger partial charge in [-0.15, -0.1) is 0 Å². The summed E-state index contributed by atoms with van der Waals surface area (Å²) in [6, 6.07) is 2.76. The Balaban J connectivity index is 3.25. The first-order valence-electron chi connectivity index (χ1n) is 5.63. The van der Waals surface area contributed by atoms with Crippen LogP contribution >= 0.6 is 27.5 Å². The zero-order valence-corrected chi connectivity index (χ0v) is 13.8. The van der Waals surface area contributed by atoms with Gasteiger partial charge in [0, 0.05) is 17.6 Å². The maximum absolute atomic E-state index is 12.0. The number of nitro benzene ring substituents is 1. The van der Waals surface area contributed by atoms with Crippen LogP contribution in [0.15, 0.2) is 16.6 Å². The van der Waals surface area contributed by atoms with Crippen LogP contribution < -0.4 is 4.90 Å². The van der Waals surface area contributed by atoms with E-state index in [9.17, 15) is 14.9 Å². The van der Waals surface area contributed by atoms with Gasteiger partial charge in [-0.2, -0.15) is 0 Å². The van der Waals surface area contributed by atoms with Crippen molar-refractivity contribution in [3.8, 4) is 0 Å². The largest absolute Gasteiger partial charge is 0.443 e. The van der Waals surface area contributed by atoms with Crippen LogP contribution in [0.1, 0.15) is 20.8 Å². The molecule has 1 aromatic carbocycles. The molecule has 1 rings (SSSR count). The monoisotopic (exact) mass is 364 g/mol. The minimum absolute atomic E-state index is 0.00545. The molecule has 0 heterocycles. The molecule has 110 valence electrons. The number of halogens is 2. The lowest BCUT2D eigenvalue weighted by Crippen LogP contribution is -2.34. The molecular weight excluding hydrogens is 351 g/mol. The second-order valence-electron chi connectivity index (χ2n) is 5.05. The average Bonchev–Trinajstić information content (AvgIpc) is 2.24. The van der Waals surface area contributed by atoms with E-state index in [0.717, 1.165) is 4.90 Å². The van der Waals surface area contributed by atoms with Crippen molar-refractivity contribution in [1.29, 1.82) is 0 Å². The number of hydrogen-bond donors (Lipinski definition) is 0. The highest BCUT2D eigenvalue weighted by molar-refractivity contribution is 9.10. The number of amides is 1. The molecule has 8 heteroatoms. The third kappa shape index (κ3) is 4.08. The number of hydrogen-bond acceptors (Lipinski definition) is 4. The van der Waals surface area contributed by atoms with Gasteiger partial charge >= 0.3 is 6.09 Å². The first-order chi connectivity index (χ1) is 9.03. The summed E-state index contributed by atoms with van der Waals surface area (Å²) in [6.45, 7) is 5.11. The van der Waals surface area contributed by atoms with Gasteiger partial charge in [0.15, 0.2) is 0 Å². The van der Waals surface area contributed by atoms with Crippen LogP contribution in [-0.2, 0) is 4.74 Å². The number of nitrogens with zero attached hydrogens (tertiary/aromatic N) is 2. The fraction of sp³-hybridized carbons (Fsp3) is 0.417. The number of rotatable bonds is 2. The van der Waals surface area contributed by atoms with E-state index in [-0.39, 0.29) is 16.4 Å². The maximum Gasteiger partial charge on any atom is 0.414 e. The van der Waals surface area contributed by atoms with Gasteiger partial charge in [0.2, 0.25) is 0 Å². The Morgan fingerprint density at radius 1 is 1.45 bits per heavy atom. The summed E-state index contributed by atoms with van der Waals surface area (Å²) in [5, 5.41) is 11.2. The zero-order valence-electron chi connectivity index (χ0n) is 11.4. The lowest BCUT2D eigenvalue weighted by molar-refractivity contribution is -0.384. The maximum atomic E-state index is 12.0. The molecule has 0 N–H and O–H groups in total. The fourth-order valence-corrected chi connectivity index (χ4v) is 2.36. The van der Waals surface area contributed by atoms with E-state index in [1.54, 1.807) is 20.8 Å². The number of carbonyl (C=O) groups excluding carboxylic acids is 1. The third-order valence-corrected chi connectivity index (χ3v) is 2.95. The van der Waals surface area contributed by atoms with Gasteiger partial charge in [-0.05, 0) is 26.8 Å². The smallest absolute Gasteiger partial charge is 0.414 e. The molecule has 0 saturated carbocycles. The topological polar surface area (TPSA) is 72.7 Å². The van der Waals surface area contributed by atoms with Crippen molar-refractivity contribution in [3.05, 3.63) is 31.7 Å². The highest BCUT2D eigenvalue weighted by Gasteiger charge is 2.28. The first kappa shape index (κ1) is 16.7. The quantitative estimate of drug-likeness (QED) is 0.576. The molecule has 0 aliphatic heterocycles. The van der Waals surface area contributed by atoms with E-state index < -0.39 is 16.6 Å². The summed E-state index contributed by atoms with van der Waals surface area (Å²) in [7, 11) is 1.37. The molecule has 0 aromatic heterocycles. The van der Waals surface area contributed by atoms with E-state index in [2.05, 4.69) is 15.9 Å². The zero-order chi connectivity index (χ0) is 15.7. The summed E-state index contributed by atoms with van der Waals surface area (Å²) < 4.78 is 5.62. The molecule has 0 bridgehead atoms. The van der Waals surface area contributed by atoms with Gasteiger partial charge in [0.05, 0.1) is 9.95 Å². The molecule has 0 unspecified atom stereocenters. The van der Waals surface area contributed by atoms with Gasteiger partial charge < -0.3 is 4.74 Å². The minimum atomic E-state index is -0.718. The molecule has 1 amide bonds. The molecule has 0 fully saturated rings. The highest BCUT2D eigenvalue weighted by atomic mass is 79.9. The normalized spacial score (nSPS) is 11.1. The molecule has 0 saturated heterocycles. The Hall–Kier alpha value is -1.34. The molecule has 6 nitrogen and oxygen atoms in total. The molecule has 0 atom stereocenters. The van der Waals surface area contributed by atoms with Gasteiger partial charge in [0.25, 0.3) is 5.69 Å². The van der Waals surface area contributed by atoms with Crippen molar-refractivity contribution in [2.75, 3.05) is 11.9 Å². The highest BCUT2D eigenvalue weighted by Crippen LogP contribution is 2.38. The fourth-order valence-electron chi connectivity index (χ4n) is 1.45. The van der Waals surface area contributed by atoms with E-state index in [1.165, 1.54) is 19.2 Å². The summed E-state index contributed by atoms with van der Waals surface area (Å²) in [6.07, 6.45) is -0.718. The summed E-state index contributed by atoms with van der Waals surface area (Å²) in [4.78, 5) is 23.5. The van der Waals surface area contributed by atoms with E-state index >= 15 is 0 Å². The van der Waals surface area contributed by atoms with E-state index in [4.69, 9.17) is 16.3 Å². The van der Waals surface area contributed by atoms with Gasteiger partial charge in [-0.1, -0.05) is 27.5 Å². The van der Waals surface area contributed by atoms with Gasteiger partial charge in [-0.25, -0.2) is 4.79 Å². The Labute approximate surface area is 129 Å².